The molecule has 0 aliphatic rings. The molecule has 5 heteroatoms. The summed E-state index contributed by atoms with van der Waals surface area (Å²) in [6, 6.07) is 5.58. The SMILES string of the molecule is COCCNCCCCSc1cc(Cl)ccc1Cl. The first-order chi connectivity index (χ1) is 8.74. The van der Waals surface area contributed by atoms with Crippen LogP contribution >= 0.6 is 35.0 Å². The largest absolute Gasteiger partial charge is 0.383 e. The second kappa shape index (κ2) is 9.93. The number of nitrogens with one attached hydrogen (secondary N) is 1. The second-order valence-corrected chi connectivity index (χ2v) is 5.85. The maximum atomic E-state index is 6.09. The number of hydrogen-bond donors (Lipinski definition) is 1. The van der Waals surface area contributed by atoms with E-state index in [9.17, 15) is 0 Å². The number of halogens is 2. The van der Waals surface area contributed by atoms with Gasteiger partial charge in [0, 0.05) is 23.6 Å². The van der Waals surface area contributed by atoms with E-state index < -0.39 is 0 Å². The average Bonchev–Trinajstić information content (AvgIpc) is 2.36. The Morgan fingerprint density at radius 3 is 2.83 bits per heavy atom. The summed E-state index contributed by atoms with van der Waals surface area (Å²) < 4.78 is 4.96. The molecule has 18 heavy (non-hydrogen) atoms. The number of unbranched alkanes of at least 4 members (excludes halogenated alkanes) is 1. The molecule has 0 aliphatic heterocycles. The topological polar surface area (TPSA) is 21.3 Å². The zero-order valence-electron chi connectivity index (χ0n) is 10.5. The van der Waals surface area contributed by atoms with Crippen LogP contribution in [0.25, 0.3) is 0 Å². The van der Waals surface area contributed by atoms with Crippen molar-refractivity contribution in [2.24, 2.45) is 0 Å². The Hall–Kier alpha value is 0.0700. The molecule has 0 fully saturated rings. The van der Waals surface area contributed by atoms with Gasteiger partial charge in [-0.1, -0.05) is 23.2 Å². The lowest BCUT2D eigenvalue weighted by molar-refractivity contribution is 0.199. The molecule has 1 rings (SSSR count). The van der Waals surface area contributed by atoms with E-state index in [4.69, 9.17) is 27.9 Å². The van der Waals surface area contributed by atoms with E-state index in [1.54, 1.807) is 18.9 Å². The minimum atomic E-state index is 0.739. The van der Waals surface area contributed by atoms with Gasteiger partial charge in [0.2, 0.25) is 0 Å². The molecule has 1 aromatic rings. The zero-order chi connectivity index (χ0) is 13.2. The summed E-state index contributed by atoms with van der Waals surface area (Å²) >= 11 is 13.8. The molecule has 0 atom stereocenters. The quantitative estimate of drug-likeness (QED) is 0.548. The lowest BCUT2D eigenvalue weighted by atomic mass is 10.3. The minimum Gasteiger partial charge on any atom is -0.383 e. The highest BCUT2D eigenvalue weighted by molar-refractivity contribution is 7.99. The maximum absolute atomic E-state index is 6.09. The van der Waals surface area contributed by atoms with Gasteiger partial charge in [0.15, 0.2) is 0 Å². The van der Waals surface area contributed by atoms with E-state index in [0.717, 1.165) is 53.2 Å². The van der Waals surface area contributed by atoms with Crippen LogP contribution in [0.3, 0.4) is 0 Å². The Balaban J connectivity index is 2.09. The van der Waals surface area contributed by atoms with E-state index in [1.807, 2.05) is 18.2 Å². The molecule has 0 spiro atoms. The van der Waals surface area contributed by atoms with Gasteiger partial charge in [0.05, 0.1) is 11.6 Å². The van der Waals surface area contributed by atoms with Crippen molar-refractivity contribution in [1.82, 2.24) is 5.32 Å². The lowest BCUT2D eigenvalue weighted by Gasteiger charge is -2.06. The van der Waals surface area contributed by atoms with Crippen LogP contribution in [0.2, 0.25) is 10.0 Å². The normalized spacial score (nSPS) is 10.8. The van der Waals surface area contributed by atoms with Crippen molar-refractivity contribution in [1.29, 1.82) is 0 Å². The molecule has 0 aromatic heterocycles. The van der Waals surface area contributed by atoms with Crippen molar-refractivity contribution in [3.63, 3.8) is 0 Å². The smallest absolute Gasteiger partial charge is 0.0587 e. The monoisotopic (exact) mass is 307 g/mol. The number of benzene rings is 1. The third-order valence-corrected chi connectivity index (χ3v) is 4.20. The molecule has 0 bridgehead atoms. The summed E-state index contributed by atoms with van der Waals surface area (Å²) in [6.45, 7) is 2.73. The summed E-state index contributed by atoms with van der Waals surface area (Å²) in [4.78, 5) is 1.07. The number of hydrogen-bond acceptors (Lipinski definition) is 3. The highest BCUT2D eigenvalue weighted by atomic mass is 35.5. The van der Waals surface area contributed by atoms with Crippen LogP contribution in [0.5, 0.6) is 0 Å². The van der Waals surface area contributed by atoms with Crippen LogP contribution in [0.1, 0.15) is 12.8 Å². The first-order valence-electron chi connectivity index (χ1n) is 6.01. The summed E-state index contributed by atoms with van der Waals surface area (Å²) in [5, 5.41) is 4.84. The van der Waals surface area contributed by atoms with Crippen LogP contribution in [-0.4, -0.2) is 32.6 Å². The molecule has 0 aliphatic carbocycles. The molecule has 0 saturated heterocycles. The van der Waals surface area contributed by atoms with Gasteiger partial charge in [-0.25, -0.2) is 0 Å². The molecule has 0 amide bonds. The molecule has 2 nitrogen and oxygen atoms in total. The highest BCUT2D eigenvalue weighted by Gasteiger charge is 2.01. The van der Waals surface area contributed by atoms with Crippen molar-refractivity contribution in [3.05, 3.63) is 28.2 Å². The Morgan fingerprint density at radius 1 is 1.22 bits per heavy atom. The fraction of sp³-hybridized carbons (Fsp3) is 0.538. The second-order valence-electron chi connectivity index (χ2n) is 3.87. The van der Waals surface area contributed by atoms with Gasteiger partial charge in [-0.05, 0) is 43.3 Å². The van der Waals surface area contributed by atoms with Crippen LogP contribution in [-0.2, 0) is 4.74 Å². The molecular formula is C13H19Cl2NOS. The van der Waals surface area contributed by atoms with Gasteiger partial charge in [-0.2, -0.15) is 0 Å². The molecule has 0 radical (unpaired) electrons. The minimum absolute atomic E-state index is 0.739. The molecule has 0 heterocycles. The van der Waals surface area contributed by atoms with E-state index in [1.165, 1.54) is 0 Å². The fourth-order valence-electron chi connectivity index (χ4n) is 1.42. The summed E-state index contributed by atoms with van der Waals surface area (Å²) in [7, 11) is 1.72. The van der Waals surface area contributed by atoms with E-state index >= 15 is 0 Å². The van der Waals surface area contributed by atoms with E-state index in [0.29, 0.717) is 0 Å². The molecule has 0 saturated carbocycles. The summed E-state index contributed by atoms with van der Waals surface area (Å²) in [6.07, 6.45) is 2.32. The molecule has 1 N–H and O–H groups in total. The Morgan fingerprint density at radius 2 is 2.06 bits per heavy atom. The summed E-state index contributed by atoms with van der Waals surface area (Å²) in [5.41, 5.74) is 0. The van der Waals surface area contributed by atoms with Crippen LogP contribution in [0.15, 0.2) is 23.1 Å². The predicted octanol–water partition coefficient (Wildman–Crippen LogP) is 4.10. The van der Waals surface area contributed by atoms with Crippen molar-refractivity contribution in [3.8, 4) is 0 Å². The zero-order valence-corrected chi connectivity index (χ0v) is 12.9. The highest BCUT2D eigenvalue weighted by Crippen LogP contribution is 2.30. The van der Waals surface area contributed by atoms with Crippen LogP contribution in [0.4, 0.5) is 0 Å². The van der Waals surface area contributed by atoms with Gasteiger partial charge >= 0.3 is 0 Å². The standard InChI is InChI=1S/C13H19Cl2NOS/c1-17-8-7-16-6-2-3-9-18-13-10-11(14)4-5-12(13)15/h4-5,10,16H,2-3,6-9H2,1H3. The van der Waals surface area contributed by atoms with Gasteiger partial charge in [0.25, 0.3) is 0 Å². The Bertz CT molecular complexity index is 350. The van der Waals surface area contributed by atoms with Gasteiger partial charge in [0.1, 0.15) is 0 Å². The Labute approximate surface area is 123 Å². The fourth-order valence-corrected chi connectivity index (χ4v) is 2.92. The van der Waals surface area contributed by atoms with Gasteiger partial charge in [-0.3, -0.25) is 0 Å². The first-order valence-corrected chi connectivity index (χ1v) is 7.75. The third-order valence-electron chi connectivity index (χ3n) is 2.38. The lowest BCUT2D eigenvalue weighted by Crippen LogP contribution is -2.20. The van der Waals surface area contributed by atoms with Gasteiger partial charge < -0.3 is 10.1 Å². The maximum Gasteiger partial charge on any atom is 0.0587 e. The van der Waals surface area contributed by atoms with E-state index in [2.05, 4.69) is 5.32 Å². The van der Waals surface area contributed by atoms with Crippen molar-refractivity contribution < 1.29 is 4.74 Å². The predicted molar refractivity (Wildman–Crippen MR) is 81.2 cm³/mol. The molecular weight excluding hydrogens is 289 g/mol. The molecule has 0 unspecified atom stereocenters. The van der Waals surface area contributed by atoms with Gasteiger partial charge in [-0.15, -0.1) is 11.8 Å². The van der Waals surface area contributed by atoms with Crippen LogP contribution in [0, 0.1) is 0 Å². The molecule has 1 aromatic carbocycles. The van der Waals surface area contributed by atoms with Crippen LogP contribution < -0.4 is 5.32 Å². The number of ether oxygens (including phenoxy) is 1. The van der Waals surface area contributed by atoms with E-state index in [-0.39, 0.29) is 0 Å². The summed E-state index contributed by atoms with van der Waals surface area (Å²) in [5.74, 6) is 1.06. The molecule has 102 valence electrons. The van der Waals surface area contributed by atoms with Crippen molar-refractivity contribution in [2.75, 3.05) is 32.6 Å². The number of methoxy groups -OCH3 is 1. The van der Waals surface area contributed by atoms with Crippen molar-refractivity contribution in [2.45, 2.75) is 17.7 Å². The van der Waals surface area contributed by atoms with Crippen molar-refractivity contribution >= 4 is 35.0 Å². The number of thioether (sulfide) groups is 1. The number of rotatable bonds is 9. The third kappa shape index (κ3) is 6.86. The average molecular weight is 308 g/mol. The first kappa shape index (κ1) is 16.1. The Kier molecular flexibility index (Phi) is 8.90.